The molecule has 4 saturated heterocycles. The van der Waals surface area contributed by atoms with Crippen LogP contribution in [0.3, 0.4) is 0 Å². The van der Waals surface area contributed by atoms with Gasteiger partial charge in [0.2, 0.25) is 0 Å². The maximum Gasteiger partial charge on any atom is 0.308 e. The molecule has 5 heterocycles. The van der Waals surface area contributed by atoms with Gasteiger partial charge < -0.3 is 77.5 Å². The average molecular weight is 930 g/mol. The molecule has 0 spiro atoms. The van der Waals surface area contributed by atoms with Crippen LogP contribution in [0.4, 0.5) is 0 Å². The second-order valence-electron chi connectivity index (χ2n) is 19.9. The van der Waals surface area contributed by atoms with E-state index in [1.807, 2.05) is 27.7 Å². The van der Waals surface area contributed by atoms with E-state index in [2.05, 4.69) is 0 Å². The van der Waals surface area contributed by atoms with Gasteiger partial charge in [0, 0.05) is 50.7 Å². The van der Waals surface area contributed by atoms with Gasteiger partial charge in [0.15, 0.2) is 24.7 Å². The Bertz CT molecular complexity index is 1600. The molecule has 8 unspecified atom stereocenters. The van der Waals surface area contributed by atoms with Crippen molar-refractivity contribution in [3.8, 4) is 0 Å². The van der Waals surface area contributed by atoms with E-state index in [4.69, 9.17) is 47.4 Å². The number of ketones is 1. The fourth-order valence-electron chi connectivity index (χ4n) is 10.3. The van der Waals surface area contributed by atoms with E-state index in [-0.39, 0.29) is 43.7 Å². The molecule has 0 aliphatic carbocycles. The molecule has 0 saturated carbocycles. The number of carbonyl (C=O) groups excluding carboxylic acids is 3. The second-order valence-corrected chi connectivity index (χ2v) is 19.9. The van der Waals surface area contributed by atoms with Crippen LogP contribution in [0, 0.1) is 29.6 Å². The number of aliphatic hydroxyl groups is 4. The van der Waals surface area contributed by atoms with Gasteiger partial charge in [-0.1, -0.05) is 27.7 Å². The van der Waals surface area contributed by atoms with Crippen molar-refractivity contribution >= 4 is 18.0 Å². The number of aliphatic hydroxyl groups excluding tert-OH is 3. The van der Waals surface area contributed by atoms with Crippen molar-refractivity contribution < 1.29 is 82.2 Å². The third-order valence-corrected chi connectivity index (χ3v) is 14.9. The molecule has 0 bridgehead atoms. The Balaban J connectivity index is 1.40. The SMILES string of the molecule is CCC1OC(=O)C[C@@H](O)[C@H](C)[C@@H](O[C@@H]2OC(C)[C@@H](O[C@H]3CC(C)(O)[C@@H](C)C(C)O3)C(N(C)C)C2O)[C@@H](CC=O)C[C@@H](C)C(=O)/C=C/[C@]2(C)O[C@H]2[C@@H]1CO[C@@H]1OC(C)[C@@H](O)[C@H](OC)C1OC. The van der Waals surface area contributed by atoms with E-state index in [9.17, 15) is 34.8 Å². The van der Waals surface area contributed by atoms with Crippen LogP contribution in [0.1, 0.15) is 94.4 Å². The number of rotatable bonds is 13. The van der Waals surface area contributed by atoms with Gasteiger partial charge in [-0.05, 0) is 79.6 Å². The molecular weight excluding hydrogens is 851 g/mol. The standard InChI is InChI=1S/C47H79NO17/c1-14-33-30(22-58-45-42(57-13)41(56-12)37(53)27(6)60-45)43-47(9,65-43)17-15-31(50)23(2)19-29(16-18-49)39(24(3)32(51)20-34(52)62-33)64-44-38(54)36(48(10)11)40(28(7)61-44)63-35-21-46(8,55)25(4)26(5)59-35/h15,17-18,23-30,32-33,35-45,51,53-55H,14,16,19-22H2,1-13H3/b17-15+/t23-,24+,25+,26?,27?,28?,29+,30-,32-,33?,35+,36?,37-,38?,39-,40-,41+,42?,43+,44+,45-,46?,47+/m1/s1. The van der Waals surface area contributed by atoms with Gasteiger partial charge in [-0.3, -0.25) is 9.59 Å². The monoisotopic (exact) mass is 930 g/mol. The summed E-state index contributed by atoms with van der Waals surface area (Å²) < 4.78 is 61.6. The quantitative estimate of drug-likeness (QED) is 0.118. The lowest BCUT2D eigenvalue weighted by Gasteiger charge is -2.50. The first kappa shape index (κ1) is 53.9. The Morgan fingerprint density at radius 1 is 0.862 bits per heavy atom. The third-order valence-electron chi connectivity index (χ3n) is 14.9. The maximum atomic E-state index is 13.9. The molecular formula is C47H79NO17. The summed E-state index contributed by atoms with van der Waals surface area (Å²) in [5.41, 5.74) is -1.98. The summed E-state index contributed by atoms with van der Waals surface area (Å²) in [6.07, 6.45) is -8.68. The number of hydrogen-bond donors (Lipinski definition) is 4. The Morgan fingerprint density at radius 2 is 1.52 bits per heavy atom. The third kappa shape index (κ3) is 12.4. The van der Waals surface area contributed by atoms with Crippen molar-refractivity contribution in [1.82, 2.24) is 4.90 Å². The van der Waals surface area contributed by atoms with Crippen molar-refractivity contribution in [2.75, 3.05) is 34.9 Å². The summed E-state index contributed by atoms with van der Waals surface area (Å²) in [4.78, 5) is 41.9. The molecule has 18 nitrogen and oxygen atoms in total. The molecule has 5 rings (SSSR count). The van der Waals surface area contributed by atoms with Crippen LogP contribution in [0.15, 0.2) is 12.2 Å². The highest BCUT2D eigenvalue weighted by atomic mass is 16.7. The molecule has 0 aromatic rings. The Morgan fingerprint density at radius 3 is 2.12 bits per heavy atom. The normalized spacial score (nSPS) is 48.6. The Kier molecular flexibility index (Phi) is 18.8. The molecule has 23 atom stereocenters. The lowest BCUT2D eigenvalue weighted by Crippen LogP contribution is -2.65. The van der Waals surface area contributed by atoms with Gasteiger partial charge in [-0.25, -0.2) is 0 Å². The smallest absolute Gasteiger partial charge is 0.308 e. The van der Waals surface area contributed by atoms with Gasteiger partial charge >= 0.3 is 5.97 Å². The molecule has 5 aliphatic heterocycles. The Labute approximate surface area is 384 Å². The zero-order valence-electron chi connectivity index (χ0n) is 40.6. The number of hydrogen-bond acceptors (Lipinski definition) is 18. The lowest BCUT2D eigenvalue weighted by atomic mass is 9.79. The molecule has 0 amide bonds. The molecule has 4 N–H and O–H groups in total. The summed E-state index contributed by atoms with van der Waals surface area (Å²) >= 11 is 0. The first-order valence-electron chi connectivity index (χ1n) is 23.4. The highest BCUT2D eigenvalue weighted by Gasteiger charge is 2.58. The first-order chi connectivity index (χ1) is 30.5. The predicted octanol–water partition coefficient (Wildman–Crippen LogP) is 2.32. The molecule has 0 aromatic carbocycles. The van der Waals surface area contributed by atoms with E-state index in [0.717, 1.165) is 6.29 Å². The summed E-state index contributed by atoms with van der Waals surface area (Å²) in [5, 5.41) is 45.7. The number of cyclic esters (lactones) is 1. The van der Waals surface area contributed by atoms with E-state index >= 15 is 0 Å². The molecule has 0 aromatic heterocycles. The number of aldehydes is 1. The summed E-state index contributed by atoms with van der Waals surface area (Å²) in [6.45, 7) is 16.2. The zero-order valence-corrected chi connectivity index (χ0v) is 40.6. The molecule has 65 heavy (non-hydrogen) atoms. The largest absolute Gasteiger partial charge is 0.462 e. The van der Waals surface area contributed by atoms with E-state index < -0.39 is 139 Å². The minimum absolute atomic E-state index is 0.0228. The fourth-order valence-corrected chi connectivity index (χ4v) is 10.3. The number of fused-ring (bicyclic) bond motifs is 1. The van der Waals surface area contributed by atoms with Gasteiger partial charge in [0.05, 0.1) is 61.3 Å². The van der Waals surface area contributed by atoms with Crippen molar-refractivity contribution in [3.63, 3.8) is 0 Å². The number of epoxide rings is 1. The fraction of sp³-hybridized carbons (Fsp3) is 0.894. The summed E-state index contributed by atoms with van der Waals surface area (Å²) in [5.74, 6) is -3.73. The predicted molar refractivity (Wildman–Crippen MR) is 233 cm³/mol. The highest BCUT2D eigenvalue weighted by Crippen LogP contribution is 2.46. The molecule has 5 aliphatic rings. The topological polar surface area (TPSA) is 231 Å². The highest BCUT2D eigenvalue weighted by molar-refractivity contribution is 5.91. The molecule has 18 heteroatoms. The van der Waals surface area contributed by atoms with Crippen molar-refractivity contribution in [3.05, 3.63) is 12.2 Å². The number of esters is 1. The Hall–Kier alpha value is -2.01. The van der Waals surface area contributed by atoms with Crippen molar-refractivity contribution in [2.45, 2.75) is 204 Å². The van der Waals surface area contributed by atoms with Gasteiger partial charge in [0.25, 0.3) is 0 Å². The van der Waals surface area contributed by atoms with Crippen LogP contribution in [0.25, 0.3) is 0 Å². The van der Waals surface area contributed by atoms with E-state index in [1.54, 1.807) is 59.7 Å². The van der Waals surface area contributed by atoms with Gasteiger partial charge in [-0.2, -0.15) is 0 Å². The van der Waals surface area contributed by atoms with Gasteiger partial charge in [0.1, 0.15) is 48.5 Å². The molecule has 374 valence electrons. The van der Waals surface area contributed by atoms with Crippen LogP contribution >= 0.6 is 0 Å². The van der Waals surface area contributed by atoms with Crippen molar-refractivity contribution in [2.24, 2.45) is 29.6 Å². The lowest BCUT2D eigenvalue weighted by molar-refractivity contribution is -0.338. The van der Waals surface area contributed by atoms with Crippen molar-refractivity contribution in [1.29, 1.82) is 0 Å². The second kappa shape index (κ2) is 22.6. The summed E-state index contributed by atoms with van der Waals surface area (Å²) in [7, 11) is 6.52. The average Bonchev–Trinajstić information content (AvgIpc) is 3.91. The number of nitrogens with zero attached hydrogens (tertiary/aromatic N) is 1. The minimum atomic E-state index is -1.35. The maximum absolute atomic E-state index is 13.9. The van der Waals surface area contributed by atoms with Crippen LogP contribution in [0.2, 0.25) is 0 Å². The molecule has 0 radical (unpaired) electrons. The first-order valence-corrected chi connectivity index (χ1v) is 23.4. The number of carbonyl (C=O) groups is 3. The van der Waals surface area contributed by atoms with Crippen LogP contribution in [0.5, 0.6) is 0 Å². The summed E-state index contributed by atoms with van der Waals surface area (Å²) in [6, 6.07) is -0.692. The van der Waals surface area contributed by atoms with Gasteiger partial charge in [-0.15, -0.1) is 0 Å². The van der Waals surface area contributed by atoms with E-state index in [0.29, 0.717) is 6.42 Å². The van der Waals surface area contributed by atoms with E-state index in [1.165, 1.54) is 20.3 Å². The molecule has 4 fully saturated rings. The number of methoxy groups -OCH3 is 2. The van der Waals surface area contributed by atoms with Crippen LogP contribution in [-0.2, 0) is 61.8 Å². The number of allylic oxidation sites excluding steroid dienone is 1. The van der Waals surface area contributed by atoms with Crippen LogP contribution in [-0.4, -0.2) is 188 Å². The number of likely N-dealkylation sites (N-methyl/N-ethyl adjacent to an activating group) is 1. The minimum Gasteiger partial charge on any atom is -0.462 e. The zero-order chi connectivity index (χ0) is 48.3. The number of ether oxygens (including phenoxy) is 10. The van der Waals surface area contributed by atoms with Crippen LogP contribution < -0.4 is 0 Å².